The minimum atomic E-state index is -0.931. The highest BCUT2D eigenvalue weighted by Crippen LogP contribution is 2.31. The molecule has 1 fully saturated rings. The Labute approximate surface area is 106 Å². The Morgan fingerprint density at radius 1 is 1.22 bits per heavy atom. The van der Waals surface area contributed by atoms with Crippen LogP contribution >= 0.6 is 0 Å². The van der Waals surface area contributed by atoms with Crippen LogP contribution in [0.15, 0.2) is 0 Å². The van der Waals surface area contributed by atoms with Crippen molar-refractivity contribution in [1.82, 2.24) is 10.6 Å². The van der Waals surface area contributed by atoms with Crippen LogP contribution in [-0.4, -0.2) is 35.5 Å². The Morgan fingerprint density at radius 2 is 1.83 bits per heavy atom. The van der Waals surface area contributed by atoms with Crippen LogP contribution in [0.5, 0.6) is 0 Å². The van der Waals surface area contributed by atoms with Crippen molar-refractivity contribution in [3.8, 4) is 0 Å². The molecule has 0 bridgehead atoms. The quantitative estimate of drug-likeness (QED) is 0.651. The molecule has 0 aromatic heterocycles. The second kappa shape index (κ2) is 6.37. The van der Waals surface area contributed by atoms with Crippen LogP contribution in [0.1, 0.15) is 33.1 Å². The van der Waals surface area contributed by atoms with Gasteiger partial charge in [0.05, 0.1) is 18.4 Å². The van der Waals surface area contributed by atoms with Crippen LogP contribution in [0.2, 0.25) is 0 Å². The van der Waals surface area contributed by atoms with Gasteiger partial charge in [-0.2, -0.15) is 0 Å². The fraction of sp³-hybridized carbons (Fsp3) is 0.750. The third kappa shape index (κ3) is 4.01. The molecular weight excluding hydrogens is 236 g/mol. The normalized spacial score (nSPS) is 22.8. The van der Waals surface area contributed by atoms with Gasteiger partial charge in [-0.3, -0.25) is 14.4 Å². The number of aliphatic carboxylic acids is 1. The Morgan fingerprint density at radius 3 is 2.39 bits per heavy atom. The highest BCUT2D eigenvalue weighted by atomic mass is 16.4. The molecule has 0 spiro atoms. The number of amides is 2. The minimum absolute atomic E-state index is 0.0210. The van der Waals surface area contributed by atoms with Gasteiger partial charge in [0, 0.05) is 6.04 Å². The van der Waals surface area contributed by atoms with Crippen molar-refractivity contribution >= 4 is 17.8 Å². The van der Waals surface area contributed by atoms with Crippen LogP contribution in [0, 0.1) is 11.8 Å². The maximum atomic E-state index is 11.8. The predicted molar refractivity (Wildman–Crippen MR) is 64.8 cm³/mol. The van der Waals surface area contributed by atoms with Crippen molar-refractivity contribution < 1.29 is 19.5 Å². The van der Waals surface area contributed by atoms with Gasteiger partial charge in [-0.15, -0.1) is 0 Å². The number of rotatable bonds is 5. The number of carboxylic acids is 1. The lowest BCUT2D eigenvalue weighted by atomic mass is 9.95. The molecule has 0 aromatic rings. The van der Waals surface area contributed by atoms with Crippen molar-refractivity contribution in [3.05, 3.63) is 0 Å². The third-order valence-corrected chi connectivity index (χ3v) is 3.04. The Balaban J connectivity index is 2.41. The van der Waals surface area contributed by atoms with Crippen molar-refractivity contribution in [3.63, 3.8) is 0 Å². The van der Waals surface area contributed by atoms with Crippen molar-refractivity contribution in [1.29, 1.82) is 0 Å². The van der Waals surface area contributed by atoms with Gasteiger partial charge < -0.3 is 15.7 Å². The smallest absolute Gasteiger partial charge is 0.307 e. The Kier molecular flexibility index (Phi) is 5.12. The summed E-state index contributed by atoms with van der Waals surface area (Å²) in [5.41, 5.74) is 0. The van der Waals surface area contributed by atoms with E-state index in [9.17, 15) is 14.4 Å². The van der Waals surface area contributed by atoms with Gasteiger partial charge in [-0.05, 0) is 26.7 Å². The molecule has 6 nitrogen and oxygen atoms in total. The highest BCUT2D eigenvalue weighted by Gasteiger charge is 2.37. The summed E-state index contributed by atoms with van der Waals surface area (Å²) in [6.45, 7) is 3.56. The topological polar surface area (TPSA) is 95.5 Å². The number of hydrogen-bond acceptors (Lipinski definition) is 3. The lowest BCUT2D eigenvalue weighted by Crippen LogP contribution is -2.43. The van der Waals surface area contributed by atoms with Crippen LogP contribution in [-0.2, 0) is 14.4 Å². The molecule has 0 aliphatic heterocycles. The fourth-order valence-corrected chi connectivity index (χ4v) is 2.24. The third-order valence-electron chi connectivity index (χ3n) is 3.04. The van der Waals surface area contributed by atoms with Gasteiger partial charge in [0.1, 0.15) is 0 Å². The molecule has 102 valence electrons. The number of carbonyl (C=O) groups excluding carboxylic acids is 2. The summed E-state index contributed by atoms with van der Waals surface area (Å²) in [6, 6.07) is 0.0210. The average Bonchev–Trinajstić information content (AvgIpc) is 2.73. The first-order valence-electron chi connectivity index (χ1n) is 6.21. The molecule has 0 saturated heterocycles. The summed E-state index contributed by atoms with van der Waals surface area (Å²) in [5, 5.41) is 14.1. The lowest BCUT2D eigenvalue weighted by Gasteiger charge is -2.15. The van der Waals surface area contributed by atoms with Crippen molar-refractivity contribution in [2.24, 2.45) is 11.8 Å². The summed E-state index contributed by atoms with van der Waals surface area (Å²) in [5.74, 6) is -2.64. The van der Waals surface area contributed by atoms with Crippen LogP contribution in [0.4, 0.5) is 0 Å². The van der Waals surface area contributed by atoms with E-state index in [1.54, 1.807) is 0 Å². The molecule has 18 heavy (non-hydrogen) atoms. The first kappa shape index (κ1) is 14.5. The van der Waals surface area contributed by atoms with Gasteiger partial charge in [-0.1, -0.05) is 6.42 Å². The SMILES string of the molecule is CC(C)NC(=O)CNC(=O)[C@@H]1CCC[C@@H]1C(=O)O. The predicted octanol–water partition coefficient (Wildman–Crippen LogP) is 0.128. The molecule has 1 saturated carbocycles. The first-order chi connectivity index (χ1) is 8.41. The van der Waals surface area contributed by atoms with E-state index < -0.39 is 17.8 Å². The highest BCUT2D eigenvalue weighted by molar-refractivity contribution is 5.88. The summed E-state index contributed by atoms with van der Waals surface area (Å²) < 4.78 is 0. The summed E-state index contributed by atoms with van der Waals surface area (Å²) >= 11 is 0. The largest absolute Gasteiger partial charge is 0.481 e. The van der Waals surface area contributed by atoms with E-state index in [1.807, 2.05) is 13.8 Å². The standard InChI is InChI=1S/C12H20N2O4/c1-7(2)14-10(15)6-13-11(16)8-4-3-5-9(8)12(17)18/h7-9H,3-6H2,1-2H3,(H,13,16)(H,14,15)(H,17,18)/t8-,9+/m1/s1. The zero-order valence-electron chi connectivity index (χ0n) is 10.7. The molecule has 0 aromatic carbocycles. The fourth-order valence-electron chi connectivity index (χ4n) is 2.24. The molecule has 3 N–H and O–H groups in total. The molecule has 0 unspecified atom stereocenters. The van der Waals surface area contributed by atoms with E-state index in [0.717, 1.165) is 6.42 Å². The summed E-state index contributed by atoms with van der Waals surface area (Å²) in [6.07, 6.45) is 1.85. The Bertz CT molecular complexity index is 341. The zero-order chi connectivity index (χ0) is 13.7. The Hall–Kier alpha value is -1.59. The lowest BCUT2D eigenvalue weighted by molar-refractivity contribution is -0.146. The number of nitrogens with one attached hydrogen (secondary N) is 2. The molecule has 1 aliphatic rings. The van der Waals surface area contributed by atoms with Crippen LogP contribution in [0.3, 0.4) is 0 Å². The molecule has 1 rings (SSSR count). The molecule has 1 aliphatic carbocycles. The maximum Gasteiger partial charge on any atom is 0.307 e. The molecule has 6 heteroatoms. The van der Waals surface area contributed by atoms with Gasteiger partial charge >= 0.3 is 5.97 Å². The summed E-state index contributed by atoms with van der Waals surface area (Å²) in [7, 11) is 0. The van der Waals surface area contributed by atoms with E-state index >= 15 is 0 Å². The first-order valence-corrected chi connectivity index (χ1v) is 6.21. The number of hydrogen-bond donors (Lipinski definition) is 3. The number of carboxylic acid groups (broad SMARTS) is 1. The molecule has 2 amide bonds. The van der Waals surface area contributed by atoms with Gasteiger partial charge in [0.25, 0.3) is 0 Å². The van der Waals surface area contributed by atoms with E-state index in [4.69, 9.17) is 5.11 Å². The van der Waals surface area contributed by atoms with Crippen LogP contribution < -0.4 is 10.6 Å². The van der Waals surface area contributed by atoms with Crippen LogP contribution in [0.25, 0.3) is 0 Å². The summed E-state index contributed by atoms with van der Waals surface area (Å²) in [4.78, 5) is 34.1. The van der Waals surface area contributed by atoms with Crippen molar-refractivity contribution in [2.45, 2.75) is 39.2 Å². The van der Waals surface area contributed by atoms with E-state index in [1.165, 1.54) is 0 Å². The second-order valence-electron chi connectivity index (χ2n) is 4.92. The van der Waals surface area contributed by atoms with Gasteiger partial charge in [0.15, 0.2) is 0 Å². The van der Waals surface area contributed by atoms with E-state index in [2.05, 4.69) is 10.6 Å². The van der Waals surface area contributed by atoms with Gasteiger partial charge in [-0.25, -0.2) is 0 Å². The maximum absolute atomic E-state index is 11.8. The van der Waals surface area contributed by atoms with Crippen molar-refractivity contribution in [2.75, 3.05) is 6.54 Å². The monoisotopic (exact) mass is 256 g/mol. The average molecular weight is 256 g/mol. The zero-order valence-corrected chi connectivity index (χ0v) is 10.7. The molecular formula is C12H20N2O4. The molecule has 0 heterocycles. The second-order valence-corrected chi connectivity index (χ2v) is 4.92. The van der Waals surface area contributed by atoms with E-state index in [0.29, 0.717) is 12.8 Å². The molecule has 2 atom stereocenters. The van der Waals surface area contributed by atoms with Gasteiger partial charge in [0.2, 0.25) is 11.8 Å². The molecule has 0 radical (unpaired) electrons. The number of carbonyl (C=O) groups is 3. The van der Waals surface area contributed by atoms with E-state index in [-0.39, 0.29) is 24.4 Å². The minimum Gasteiger partial charge on any atom is -0.481 e.